The largest absolute Gasteiger partial charge is 0.467 e. The molecule has 0 spiro atoms. The van der Waals surface area contributed by atoms with Gasteiger partial charge in [-0.2, -0.15) is 0 Å². The van der Waals surface area contributed by atoms with Gasteiger partial charge in [0.1, 0.15) is 6.04 Å². The Hall–Kier alpha value is -1.56. The highest BCUT2D eigenvalue weighted by atomic mass is 79.9. The third-order valence-corrected chi connectivity index (χ3v) is 4.59. The molecule has 0 aliphatic carbocycles. The zero-order valence-corrected chi connectivity index (χ0v) is 15.8. The minimum absolute atomic E-state index is 0.243. The van der Waals surface area contributed by atoms with E-state index in [-0.39, 0.29) is 12.3 Å². The lowest BCUT2D eigenvalue weighted by atomic mass is 10.1. The van der Waals surface area contributed by atoms with Gasteiger partial charge in [0.2, 0.25) is 0 Å². The second kappa shape index (κ2) is 8.51. The number of nitrogens with one attached hydrogen (secondary N) is 1. The number of ether oxygens (including phenoxy) is 1. The molecule has 0 bridgehead atoms. The molecule has 7 heteroatoms. The van der Waals surface area contributed by atoms with Gasteiger partial charge in [-0.1, -0.05) is 39.1 Å². The van der Waals surface area contributed by atoms with Crippen LogP contribution in [0.2, 0.25) is 10.0 Å². The van der Waals surface area contributed by atoms with Crippen LogP contribution >= 0.6 is 39.1 Å². The number of halogens is 3. The molecule has 1 atom stereocenters. The van der Waals surface area contributed by atoms with Crippen LogP contribution < -0.4 is 5.32 Å². The lowest BCUT2D eigenvalue weighted by Gasteiger charge is -2.17. The van der Waals surface area contributed by atoms with E-state index in [0.29, 0.717) is 15.6 Å². The molecule has 2 rings (SSSR count). The molecule has 0 saturated carbocycles. The van der Waals surface area contributed by atoms with Gasteiger partial charge in [-0.15, -0.1) is 0 Å². The van der Waals surface area contributed by atoms with Gasteiger partial charge in [0, 0.05) is 26.5 Å². The molecular weight excluding hydrogens is 417 g/mol. The molecule has 126 valence electrons. The van der Waals surface area contributed by atoms with Gasteiger partial charge in [0.05, 0.1) is 7.11 Å². The monoisotopic (exact) mass is 429 g/mol. The lowest BCUT2D eigenvalue weighted by Crippen LogP contribution is -2.43. The number of amides is 1. The van der Waals surface area contributed by atoms with E-state index >= 15 is 0 Å². The zero-order valence-electron chi connectivity index (χ0n) is 12.7. The predicted octanol–water partition coefficient (Wildman–Crippen LogP) is 4.27. The van der Waals surface area contributed by atoms with Gasteiger partial charge >= 0.3 is 5.97 Å². The quantitative estimate of drug-likeness (QED) is 0.720. The number of hydrogen-bond donors (Lipinski definition) is 1. The van der Waals surface area contributed by atoms with Gasteiger partial charge in [-0.05, 0) is 48.0 Å². The summed E-state index contributed by atoms with van der Waals surface area (Å²) in [5, 5.41) is 3.75. The second-order valence-corrected chi connectivity index (χ2v) is 6.72. The highest BCUT2D eigenvalue weighted by Gasteiger charge is 2.23. The summed E-state index contributed by atoms with van der Waals surface area (Å²) in [7, 11) is 1.27. The molecule has 4 nitrogen and oxygen atoms in total. The van der Waals surface area contributed by atoms with Crippen LogP contribution in [0, 0.1) is 0 Å². The number of hydrogen-bond acceptors (Lipinski definition) is 3. The molecule has 0 unspecified atom stereocenters. The number of esters is 1. The average Bonchev–Trinajstić information content (AvgIpc) is 2.57. The molecule has 2 aromatic rings. The fourth-order valence-electron chi connectivity index (χ4n) is 2.10. The highest BCUT2D eigenvalue weighted by molar-refractivity contribution is 9.10. The molecule has 0 saturated heterocycles. The Labute approximate surface area is 158 Å². The molecular formula is C17H14BrCl2NO3. The maximum atomic E-state index is 12.3. The van der Waals surface area contributed by atoms with Crippen molar-refractivity contribution in [3.05, 3.63) is 68.1 Å². The molecule has 2 aromatic carbocycles. The minimum Gasteiger partial charge on any atom is -0.467 e. The van der Waals surface area contributed by atoms with Gasteiger partial charge in [0.25, 0.3) is 5.91 Å². The predicted molar refractivity (Wildman–Crippen MR) is 97.6 cm³/mol. The van der Waals surface area contributed by atoms with Crippen molar-refractivity contribution >= 4 is 51.0 Å². The van der Waals surface area contributed by atoms with Crippen molar-refractivity contribution in [1.82, 2.24) is 5.32 Å². The number of carbonyl (C=O) groups is 2. The van der Waals surface area contributed by atoms with Crippen molar-refractivity contribution in [2.75, 3.05) is 7.11 Å². The van der Waals surface area contributed by atoms with E-state index in [1.807, 2.05) is 0 Å². The topological polar surface area (TPSA) is 55.4 Å². The Morgan fingerprint density at radius 1 is 1.12 bits per heavy atom. The summed E-state index contributed by atoms with van der Waals surface area (Å²) in [4.78, 5) is 24.4. The first-order valence-corrected chi connectivity index (χ1v) is 8.54. The minimum atomic E-state index is -0.840. The van der Waals surface area contributed by atoms with Crippen molar-refractivity contribution in [3.63, 3.8) is 0 Å². The standard InChI is InChI=1S/C17H14BrCl2NO3/c1-24-17(23)15(9-11-8-13(20)6-7-14(11)18)21-16(22)10-2-4-12(19)5-3-10/h2-8,15H,9H2,1H3,(H,21,22)/t15-/m1/s1. The Morgan fingerprint density at radius 3 is 2.38 bits per heavy atom. The van der Waals surface area contributed by atoms with Crippen LogP contribution in [0.25, 0.3) is 0 Å². The molecule has 0 aliphatic rings. The van der Waals surface area contributed by atoms with E-state index in [4.69, 9.17) is 27.9 Å². The van der Waals surface area contributed by atoms with Gasteiger partial charge < -0.3 is 10.1 Å². The second-order valence-electron chi connectivity index (χ2n) is 5.00. The van der Waals surface area contributed by atoms with E-state index in [1.165, 1.54) is 7.11 Å². The molecule has 0 aliphatic heterocycles. The summed E-state index contributed by atoms with van der Waals surface area (Å²) in [6, 6.07) is 10.8. The zero-order chi connectivity index (χ0) is 17.7. The smallest absolute Gasteiger partial charge is 0.328 e. The summed E-state index contributed by atoms with van der Waals surface area (Å²) in [6.07, 6.45) is 0.243. The molecule has 0 radical (unpaired) electrons. The SMILES string of the molecule is COC(=O)[C@@H](Cc1cc(Cl)ccc1Br)NC(=O)c1ccc(Cl)cc1. The normalized spacial score (nSPS) is 11.7. The van der Waals surface area contributed by atoms with Crippen molar-refractivity contribution in [2.45, 2.75) is 12.5 Å². The van der Waals surface area contributed by atoms with Crippen molar-refractivity contribution < 1.29 is 14.3 Å². The van der Waals surface area contributed by atoms with E-state index < -0.39 is 12.0 Å². The molecule has 1 N–H and O–H groups in total. The number of carbonyl (C=O) groups excluding carboxylic acids is 2. The fraction of sp³-hybridized carbons (Fsp3) is 0.176. The van der Waals surface area contributed by atoms with Crippen molar-refractivity contribution in [3.8, 4) is 0 Å². The summed E-state index contributed by atoms with van der Waals surface area (Å²) in [5.41, 5.74) is 1.19. The van der Waals surface area contributed by atoms with E-state index in [0.717, 1.165) is 10.0 Å². The Kier molecular flexibility index (Phi) is 6.66. The van der Waals surface area contributed by atoms with Gasteiger partial charge in [0.15, 0.2) is 0 Å². The Balaban J connectivity index is 2.19. The highest BCUT2D eigenvalue weighted by Crippen LogP contribution is 2.23. The molecule has 1 amide bonds. The van der Waals surface area contributed by atoms with Crippen LogP contribution in [0.5, 0.6) is 0 Å². The van der Waals surface area contributed by atoms with Gasteiger partial charge in [-0.25, -0.2) is 4.79 Å². The maximum absolute atomic E-state index is 12.3. The van der Waals surface area contributed by atoms with E-state index in [2.05, 4.69) is 21.2 Å². The van der Waals surface area contributed by atoms with Crippen LogP contribution in [0.1, 0.15) is 15.9 Å². The molecule has 0 aromatic heterocycles. The van der Waals surface area contributed by atoms with Crippen LogP contribution in [0.4, 0.5) is 0 Å². The number of benzene rings is 2. The molecule has 24 heavy (non-hydrogen) atoms. The first kappa shape index (κ1) is 18.8. The first-order valence-electron chi connectivity index (χ1n) is 6.99. The summed E-state index contributed by atoms with van der Waals surface area (Å²) in [5.74, 6) is -0.926. The Morgan fingerprint density at radius 2 is 1.75 bits per heavy atom. The van der Waals surface area contributed by atoms with Crippen LogP contribution in [-0.2, 0) is 16.0 Å². The summed E-state index contributed by atoms with van der Waals surface area (Å²) < 4.78 is 5.58. The summed E-state index contributed by atoms with van der Waals surface area (Å²) >= 11 is 15.2. The molecule has 0 heterocycles. The van der Waals surface area contributed by atoms with Crippen LogP contribution in [0.15, 0.2) is 46.9 Å². The van der Waals surface area contributed by atoms with E-state index in [1.54, 1.807) is 42.5 Å². The first-order chi connectivity index (χ1) is 11.4. The van der Waals surface area contributed by atoms with Gasteiger partial charge in [-0.3, -0.25) is 4.79 Å². The van der Waals surface area contributed by atoms with Crippen molar-refractivity contribution in [2.24, 2.45) is 0 Å². The number of rotatable bonds is 5. The third kappa shape index (κ3) is 4.97. The molecule has 0 fully saturated rings. The van der Waals surface area contributed by atoms with E-state index in [9.17, 15) is 9.59 Å². The third-order valence-electron chi connectivity index (χ3n) is 3.33. The van der Waals surface area contributed by atoms with Crippen molar-refractivity contribution in [1.29, 1.82) is 0 Å². The van der Waals surface area contributed by atoms with Crippen LogP contribution in [-0.4, -0.2) is 25.0 Å². The lowest BCUT2D eigenvalue weighted by molar-refractivity contribution is -0.142. The number of methoxy groups -OCH3 is 1. The van der Waals surface area contributed by atoms with Crippen LogP contribution in [0.3, 0.4) is 0 Å². The average molecular weight is 431 g/mol. The Bertz CT molecular complexity index is 750. The summed E-state index contributed by atoms with van der Waals surface area (Å²) in [6.45, 7) is 0. The fourth-order valence-corrected chi connectivity index (χ4v) is 2.83. The maximum Gasteiger partial charge on any atom is 0.328 e.